The third-order valence-electron chi connectivity index (χ3n) is 1.56. The second-order valence-corrected chi connectivity index (χ2v) is 3.32. The van der Waals surface area contributed by atoms with Crippen LogP contribution in [-0.2, 0) is 0 Å². The summed E-state index contributed by atoms with van der Waals surface area (Å²) < 4.78 is 0. The van der Waals surface area contributed by atoms with Crippen molar-refractivity contribution in [1.82, 2.24) is 0 Å². The van der Waals surface area contributed by atoms with Gasteiger partial charge < -0.3 is 11.5 Å². The van der Waals surface area contributed by atoms with Gasteiger partial charge in [-0.2, -0.15) is 0 Å². The minimum Gasteiger partial charge on any atom is -0.398 e. The second kappa shape index (κ2) is 2.87. The van der Waals surface area contributed by atoms with E-state index < -0.39 is 0 Å². The lowest BCUT2D eigenvalue weighted by atomic mass is 10.2. The quantitative estimate of drug-likeness (QED) is 0.368. The summed E-state index contributed by atoms with van der Waals surface area (Å²) in [6, 6.07) is 1.83. The topological polar surface area (TPSA) is 52.0 Å². The van der Waals surface area contributed by atoms with Crippen LogP contribution in [0.15, 0.2) is 15.9 Å². The molecule has 1 aromatic rings. The molecule has 60 valence electrons. The lowest BCUT2D eigenvalue weighted by Crippen LogP contribution is -1.97. The molecule has 0 heterocycles. The number of hydrogen-bond acceptors (Lipinski definition) is 4. The van der Waals surface area contributed by atoms with Crippen LogP contribution < -0.4 is 11.5 Å². The maximum Gasteiger partial charge on any atom is 0.0606 e. The van der Waals surface area contributed by atoms with Crippen molar-refractivity contribution < 1.29 is 0 Å². The summed E-state index contributed by atoms with van der Waals surface area (Å²) in [4.78, 5) is 1.34. The highest BCUT2D eigenvalue weighted by Crippen LogP contribution is 2.32. The molecule has 0 saturated heterocycles. The number of thiol groups is 2. The van der Waals surface area contributed by atoms with Gasteiger partial charge in [-0.25, -0.2) is 0 Å². The molecule has 11 heavy (non-hydrogen) atoms. The molecule has 1 rings (SSSR count). The molecular formula is C7H10N2S2. The summed E-state index contributed by atoms with van der Waals surface area (Å²) in [7, 11) is 0. The van der Waals surface area contributed by atoms with E-state index in [-0.39, 0.29) is 0 Å². The van der Waals surface area contributed by atoms with Crippen LogP contribution in [0.4, 0.5) is 11.4 Å². The molecule has 4 N–H and O–H groups in total. The number of anilines is 2. The summed E-state index contributed by atoms with van der Waals surface area (Å²) in [6.07, 6.45) is 0. The van der Waals surface area contributed by atoms with Crippen LogP contribution in [0.2, 0.25) is 0 Å². The van der Waals surface area contributed by atoms with Gasteiger partial charge in [0.2, 0.25) is 0 Å². The van der Waals surface area contributed by atoms with E-state index in [1.165, 1.54) is 0 Å². The zero-order chi connectivity index (χ0) is 8.59. The molecule has 0 aliphatic carbocycles. The van der Waals surface area contributed by atoms with Crippen LogP contribution in [0.1, 0.15) is 5.56 Å². The first-order valence-corrected chi connectivity index (χ1v) is 4.00. The number of nitrogens with two attached hydrogens (primary N) is 2. The van der Waals surface area contributed by atoms with E-state index in [4.69, 9.17) is 11.5 Å². The van der Waals surface area contributed by atoms with Gasteiger partial charge in [0.25, 0.3) is 0 Å². The first-order chi connectivity index (χ1) is 5.04. The standard InChI is InChI=1S/C7H10N2S2/c1-3-2-4(10)6(9)7(11)5(3)8/h2,10-11H,8-9H2,1H3. The lowest BCUT2D eigenvalue weighted by molar-refractivity contribution is 1.29. The van der Waals surface area contributed by atoms with Crippen molar-refractivity contribution in [3.63, 3.8) is 0 Å². The van der Waals surface area contributed by atoms with Gasteiger partial charge in [-0.3, -0.25) is 0 Å². The first kappa shape index (κ1) is 8.62. The number of aryl methyl sites for hydroxylation is 1. The predicted octanol–water partition coefficient (Wildman–Crippen LogP) is 1.74. The molecule has 0 radical (unpaired) electrons. The summed E-state index contributed by atoms with van der Waals surface area (Å²) in [6.45, 7) is 1.90. The molecule has 0 fully saturated rings. The molecule has 0 saturated carbocycles. The molecule has 0 amide bonds. The number of benzene rings is 1. The number of rotatable bonds is 0. The smallest absolute Gasteiger partial charge is 0.0606 e. The van der Waals surface area contributed by atoms with E-state index in [0.29, 0.717) is 16.3 Å². The molecule has 0 unspecified atom stereocenters. The highest BCUT2D eigenvalue weighted by molar-refractivity contribution is 7.81. The van der Waals surface area contributed by atoms with Crippen molar-refractivity contribution in [2.45, 2.75) is 16.7 Å². The summed E-state index contributed by atoms with van der Waals surface area (Å²) >= 11 is 8.31. The zero-order valence-electron chi connectivity index (χ0n) is 6.13. The van der Waals surface area contributed by atoms with Crippen LogP contribution in [0.5, 0.6) is 0 Å². The SMILES string of the molecule is Cc1cc(S)c(N)c(S)c1N. The third kappa shape index (κ3) is 1.41. The lowest BCUT2D eigenvalue weighted by Gasteiger charge is -2.08. The number of nitrogen functional groups attached to an aromatic ring is 2. The molecule has 0 atom stereocenters. The molecule has 0 aliphatic heterocycles. The fourth-order valence-electron chi connectivity index (χ4n) is 0.814. The third-order valence-corrected chi connectivity index (χ3v) is 2.42. The molecule has 0 aliphatic rings. The second-order valence-electron chi connectivity index (χ2n) is 2.39. The summed E-state index contributed by atoms with van der Waals surface area (Å²) in [5.41, 5.74) is 13.4. The monoisotopic (exact) mass is 186 g/mol. The van der Waals surface area contributed by atoms with Crippen LogP contribution in [0.3, 0.4) is 0 Å². The van der Waals surface area contributed by atoms with E-state index in [2.05, 4.69) is 25.3 Å². The molecule has 0 bridgehead atoms. The summed E-state index contributed by atoms with van der Waals surface area (Å²) in [5.74, 6) is 0. The van der Waals surface area contributed by atoms with Gasteiger partial charge in [0, 0.05) is 4.90 Å². The van der Waals surface area contributed by atoms with E-state index in [0.717, 1.165) is 10.5 Å². The van der Waals surface area contributed by atoms with Gasteiger partial charge in [0.15, 0.2) is 0 Å². The van der Waals surface area contributed by atoms with E-state index in [1.54, 1.807) is 0 Å². The Morgan fingerprint density at radius 3 is 2.27 bits per heavy atom. The molecule has 0 aromatic heterocycles. The van der Waals surface area contributed by atoms with Crippen LogP contribution >= 0.6 is 25.3 Å². The van der Waals surface area contributed by atoms with Crippen molar-refractivity contribution >= 4 is 36.6 Å². The molecule has 0 spiro atoms. The van der Waals surface area contributed by atoms with Gasteiger partial charge in [-0.1, -0.05) is 0 Å². The summed E-state index contributed by atoms with van der Waals surface area (Å²) in [5, 5.41) is 0. The van der Waals surface area contributed by atoms with Crippen LogP contribution in [0.25, 0.3) is 0 Å². The van der Waals surface area contributed by atoms with Crippen LogP contribution in [0, 0.1) is 6.92 Å². The maximum absolute atomic E-state index is 5.66. The largest absolute Gasteiger partial charge is 0.398 e. The van der Waals surface area contributed by atoms with Gasteiger partial charge in [0.05, 0.1) is 16.3 Å². The highest BCUT2D eigenvalue weighted by Gasteiger charge is 2.05. The Labute approximate surface area is 76.8 Å². The molecule has 2 nitrogen and oxygen atoms in total. The normalized spacial score (nSPS) is 10.1. The Bertz CT molecular complexity index is 271. The first-order valence-electron chi connectivity index (χ1n) is 3.10. The average Bonchev–Trinajstić information content (AvgIpc) is 1.97. The Morgan fingerprint density at radius 1 is 1.18 bits per heavy atom. The van der Waals surface area contributed by atoms with Crippen molar-refractivity contribution in [3.05, 3.63) is 11.6 Å². The van der Waals surface area contributed by atoms with E-state index in [9.17, 15) is 0 Å². The zero-order valence-corrected chi connectivity index (χ0v) is 7.92. The van der Waals surface area contributed by atoms with Crippen molar-refractivity contribution in [3.8, 4) is 0 Å². The Kier molecular flexibility index (Phi) is 2.25. The van der Waals surface area contributed by atoms with Crippen molar-refractivity contribution in [2.75, 3.05) is 11.5 Å². The van der Waals surface area contributed by atoms with E-state index in [1.807, 2.05) is 13.0 Å². The van der Waals surface area contributed by atoms with Crippen LogP contribution in [-0.4, -0.2) is 0 Å². The van der Waals surface area contributed by atoms with Gasteiger partial charge in [-0.05, 0) is 18.6 Å². The fourth-order valence-corrected chi connectivity index (χ4v) is 1.50. The maximum atomic E-state index is 5.66. The van der Waals surface area contributed by atoms with Crippen molar-refractivity contribution in [2.24, 2.45) is 0 Å². The molecular weight excluding hydrogens is 176 g/mol. The van der Waals surface area contributed by atoms with E-state index >= 15 is 0 Å². The minimum atomic E-state index is 0.541. The average molecular weight is 186 g/mol. The fraction of sp³-hybridized carbons (Fsp3) is 0.143. The predicted molar refractivity (Wildman–Crippen MR) is 54.5 cm³/mol. The molecule has 4 heteroatoms. The van der Waals surface area contributed by atoms with Crippen molar-refractivity contribution in [1.29, 1.82) is 0 Å². The van der Waals surface area contributed by atoms with Gasteiger partial charge in [0.1, 0.15) is 0 Å². The van der Waals surface area contributed by atoms with Gasteiger partial charge in [-0.15, -0.1) is 25.3 Å². The molecule has 1 aromatic carbocycles. The van der Waals surface area contributed by atoms with Gasteiger partial charge >= 0.3 is 0 Å². The number of hydrogen-bond donors (Lipinski definition) is 4. The Hall–Kier alpha value is -0.480. The minimum absolute atomic E-state index is 0.541. The highest BCUT2D eigenvalue weighted by atomic mass is 32.1. The Morgan fingerprint density at radius 2 is 1.73 bits per heavy atom. The Balaban J connectivity index is 3.46.